The highest BCUT2D eigenvalue weighted by Crippen LogP contribution is 2.12. The molecule has 1 N–H and O–H groups in total. The fourth-order valence-corrected chi connectivity index (χ4v) is 1.32. The molecule has 0 bridgehead atoms. The van der Waals surface area contributed by atoms with Crippen LogP contribution in [-0.4, -0.2) is 30.1 Å². The van der Waals surface area contributed by atoms with Gasteiger partial charge in [-0.15, -0.1) is 0 Å². The number of alkyl carbamates (subject to hydrolysis) is 1. The second-order valence-electron chi connectivity index (χ2n) is 3.89. The van der Waals surface area contributed by atoms with E-state index in [1.54, 1.807) is 0 Å². The summed E-state index contributed by atoms with van der Waals surface area (Å²) >= 11 is 0. The molecule has 0 radical (unpaired) electrons. The van der Waals surface area contributed by atoms with Crippen molar-refractivity contribution in [2.75, 3.05) is 7.11 Å². The van der Waals surface area contributed by atoms with Gasteiger partial charge in [-0.05, 0) is 24.6 Å². The van der Waals surface area contributed by atoms with Crippen LogP contribution in [0.5, 0.6) is 0 Å². The zero-order chi connectivity index (χ0) is 15.1. The molecule has 0 fully saturated rings. The number of carbonyl (C=O) groups excluding carboxylic acids is 2. The Morgan fingerprint density at radius 3 is 2.45 bits per heavy atom. The van der Waals surface area contributed by atoms with Gasteiger partial charge in [0, 0.05) is 12.1 Å². The topological polar surface area (TPSA) is 108 Å². The first-order valence-electron chi connectivity index (χ1n) is 5.68. The van der Waals surface area contributed by atoms with E-state index in [0.717, 1.165) is 0 Å². The third-order valence-corrected chi connectivity index (χ3v) is 2.41. The van der Waals surface area contributed by atoms with E-state index < -0.39 is 23.0 Å². The summed E-state index contributed by atoms with van der Waals surface area (Å²) in [4.78, 5) is 32.4. The van der Waals surface area contributed by atoms with E-state index in [4.69, 9.17) is 4.74 Å². The van der Waals surface area contributed by atoms with Gasteiger partial charge in [-0.3, -0.25) is 10.1 Å². The van der Waals surface area contributed by atoms with Crippen LogP contribution in [0.2, 0.25) is 0 Å². The molecule has 108 valence electrons. The summed E-state index contributed by atoms with van der Waals surface area (Å²) in [5, 5.41) is 12.7. The SMILES string of the molecule is COC(=O)[C@@H](C)NC(=O)OCc1ccc([N+](=O)[O-])cc1. The number of nitro benzene ring substituents is 1. The Balaban J connectivity index is 2.44. The average Bonchev–Trinajstić information content (AvgIpc) is 2.44. The Bertz CT molecular complexity index is 499. The lowest BCUT2D eigenvalue weighted by molar-refractivity contribution is -0.384. The number of hydrogen-bond acceptors (Lipinski definition) is 6. The minimum atomic E-state index is -0.815. The molecule has 0 saturated carbocycles. The maximum Gasteiger partial charge on any atom is 0.408 e. The highest BCUT2D eigenvalue weighted by molar-refractivity contribution is 5.80. The number of non-ortho nitro benzene ring substituents is 1. The van der Waals surface area contributed by atoms with E-state index in [1.165, 1.54) is 38.3 Å². The number of carbonyl (C=O) groups is 2. The predicted octanol–water partition coefficient (Wildman–Crippen LogP) is 1.38. The molecule has 0 spiro atoms. The zero-order valence-electron chi connectivity index (χ0n) is 11.0. The summed E-state index contributed by atoms with van der Waals surface area (Å²) in [5.74, 6) is -0.586. The Morgan fingerprint density at radius 2 is 1.95 bits per heavy atom. The standard InChI is InChI=1S/C12H14N2O6/c1-8(11(15)19-2)13-12(16)20-7-9-3-5-10(6-4-9)14(17)18/h3-6,8H,7H2,1-2H3,(H,13,16)/t8-/m1/s1. The van der Waals surface area contributed by atoms with Crippen LogP contribution in [0, 0.1) is 10.1 Å². The first kappa shape index (κ1) is 15.4. The van der Waals surface area contributed by atoms with Crippen molar-refractivity contribution in [3.05, 3.63) is 39.9 Å². The lowest BCUT2D eigenvalue weighted by atomic mass is 10.2. The van der Waals surface area contributed by atoms with Crippen LogP contribution in [0.1, 0.15) is 12.5 Å². The number of benzene rings is 1. The predicted molar refractivity (Wildman–Crippen MR) is 67.9 cm³/mol. The Kier molecular flexibility index (Phi) is 5.45. The van der Waals surface area contributed by atoms with Crippen molar-refractivity contribution in [3.63, 3.8) is 0 Å². The van der Waals surface area contributed by atoms with Crippen molar-refractivity contribution in [2.45, 2.75) is 19.6 Å². The Labute approximate surface area is 114 Å². The van der Waals surface area contributed by atoms with E-state index in [-0.39, 0.29) is 12.3 Å². The van der Waals surface area contributed by atoms with E-state index in [2.05, 4.69) is 10.1 Å². The summed E-state index contributed by atoms with van der Waals surface area (Å²) in [7, 11) is 1.21. The maximum atomic E-state index is 11.4. The molecule has 20 heavy (non-hydrogen) atoms. The monoisotopic (exact) mass is 282 g/mol. The van der Waals surface area contributed by atoms with E-state index >= 15 is 0 Å². The maximum absolute atomic E-state index is 11.4. The minimum Gasteiger partial charge on any atom is -0.467 e. The number of esters is 1. The van der Waals surface area contributed by atoms with Gasteiger partial charge in [-0.2, -0.15) is 0 Å². The molecule has 0 unspecified atom stereocenters. The van der Waals surface area contributed by atoms with Crippen molar-refractivity contribution in [1.82, 2.24) is 5.32 Å². The van der Waals surface area contributed by atoms with Gasteiger partial charge in [0.25, 0.3) is 5.69 Å². The third kappa shape index (κ3) is 4.56. The van der Waals surface area contributed by atoms with Crippen LogP contribution in [0.3, 0.4) is 0 Å². The van der Waals surface area contributed by atoms with Crippen molar-refractivity contribution < 1.29 is 24.0 Å². The molecule has 1 amide bonds. The van der Waals surface area contributed by atoms with Gasteiger partial charge < -0.3 is 14.8 Å². The van der Waals surface area contributed by atoms with Gasteiger partial charge in [-0.25, -0.2) is 9.59 Å². The summed E-state index contributed by atoms with van der Waals surface area (Å²) in [5.41, 5.74) is 0.550. The lowest BCUT2D eigenvalue weighted by Crippen LogP contribution is -2.39. The smallest absolute Gasteiger partial charge is 0.408 e. The van der Waals surface area contributed by atoms with Crippen LogP contribution < -0.4 is 5.32 Å². The van der Waals surface area contributed by atoms with Crippen LogP contribution >= 0.6 is 0 Å². The second kappa shape index (κ2) is 7.07. The normalized spacial score (nSPS) is 11.3. The van der Waals surface area contributed by atoms with Crippen molar-refractivity contribution >= 4 is 17.7 Å². The fourth-order valence-electron chi connectivity index (χ4n) is 1.32. The van der Waals surface area contributed by atoms with Crippen LogP contribution in [0.15, 0.2) is 24.3 Å². The summed E-state index contributed by atoms with van der Waals surface area (Å²) in [6.45, 7) is 1.40. The number of amides is 1. The van der Waals surface area contributed by atoms with E-state index in [9.17, 15) is 19.7 Å². The number of nitro groups is 1. The molecule has 0 saturated heterocycles. The van der Waals surface area contributed by atoms with Crippen molar-refractivity contribution in [3.8, 4) is 0 Å². The number of methoxy groups -OCH3 is 1. The first-order chi connectivity index (χ1) is 9.43. The number of nitrogens with zero attached hydrogens (tertiary/aromatic N) is 1. The largest absolute Gasteiger partial charge is 0.467 e. The summed E-state index contributed by atoms with van der Waals surface area (Å²) in [6, 6.07) is 4.77. The molecule has 0 aliphatic heterocycles. The molecule has 0 aliphatic carbocycles. The van der Waals surface area contributed by atoms with Gasteiger partial charge >= 0.3 is 12.1 Å². The summed E-state index contributed by atoms with van der Waals surface area (Å²) in [6.07, 6.45) is -0.777. The average molecular weight is 282 g/mol. The van der Waals surface area contributed by atoms with E-state index in [0.29, 0.717) is 5.56 Å². The van der Waals surface area contributed by atoms with Crippen molar-refractivity contribution in [1.29, 1.82) is 0 Å². The van der Waals surface area contributed by atoms with Crippen LogP contribution in [0.4, 0.5) is 10.5 Å². The zero-order valence-corrected chi connectivity index (χ0v) is 11.0. The second-order valence-corrected chi connectivity index (χ2v) is 3.89. The van der Waals surface area contributed by atoms with Gasteiger partial charge in [-0.1, -0.05) is 0 Å². The Hall–Kier alpha value is -2.64. The fraction of sp³-hybridized carbons (Fsp3) is 0.333. The third-order valence-electron chi connectivity index (χ3n) is 2.41. The molecule has 0 aromatic heterocycles. The molecule has 1 rings (SSSR count). The van der Waals surface area contributed by atoms with Gasteiger partial charge in [0.05, 0.1) is 12.0 Å². The van der Waals surface area contributed by atoms with Gasteiger partial charge in [0.2, 0.25) is 0 Å². The molecule has 1 aromatic rings. The molecule has 0 heterocycles. The highest BCUT2D eigenvalue weighted by atomic mass is 16.6. The highest BCUT2D eigenvalue weighted by Gasteiger charge is 2.16. The summed E-state index contributed by atoms with van der Waals surface area (Å²) < 4.78 is 9.30. The quantitative estimate of drug-likeness (QED) is 0.496. The molecule has 1 atom stereocenters. The van der Waals surface area contributed by atoms with Crippen molar-refractivity contribution in [2.24, 2.45) is 0 Å². The molecular weight excluding hydrogens is 268 g/mol. The van der Waals surface area contributed by atoms with Gasteiger partial charge in [0.15, 0.2) is 0 Å². The van der Waals surface area contributed by atoms with Gasteiger partial charge in [0.1, 0.15) is 12.6 Å². The molecule has 8 nitrogen and oxygen atoms in total. The Morgan fingerprint density at radius 1 is 1.35 bits per heavy atom. The molecule has 1 aromatic carbocycles. The number of nitrogens with one attached hydrogen (secondary N) is 1. The molecular formula is C12H14N2O6. The van der Waals surface area contributed by atoms with Crippen LogP contribution in [-0.2, 0) is 20.9 Å². The number of ether oxygens (including phenoxy) is 2. The van der Waals surface area contributed by atoms with E-state index in [1.807, 2.05) is 0 Å². The number of rotatable bonds is 5. The van der Waals surface area contributed by atoms with Crippen LogP contribution in [0.25, 0.3) is 0 Å². The minimum absolute atomic E-state index is 0.0440. The molecule has 0 aliphatic rings. The molecule has 8 heteroatoms. The number of hydrogen-bond donors (Lipinski definition) is 1. The first-order valence-corrected chi connectivity index (χ1v) is 5.68. The lowest BCUT2D eigenvalue weighted by Gasteiger charge is -2.11.